The lowest BCUT2D eigenvalue weighted by Gasteiger charge is -2.34. The van der Waals surface area contributed by atoms with E-state index in [1.54, 1.807) is 5.32 Å². The van der Waals surface area contributed by atoms with Crippen molar-refractivity contribution in [1.82, 2.24) is 10.3 Å². The average Bonchev–Trinajstić information content (AvgIpc) is 2.62. The minimum Gasteiger partial charge on any atom is -0.466 e. The maximum Gasteiger partial charge on any atom is 0.441 e. The molecule has 6 nitrogen and oxygen atoms in total. The molecule has 0 fully saturated rings. The fourth-order valence-corrected chi connectivity index (χ4v) is 2.63. The third-order valence-electron chi connectivity index (χ3n) is 3.44. The molecule has 0 aliphatic carbocycles. The van der Waals surface area contributed by atoms with Crippen LogP contribution in [-0.2, 0) is 9.53 Å². The van der Waals surface area contributed by atoms with Crippen LogP contribution in [-0.4, -0.2) is 35.8 Å². The van der Waals surface area contributed by atoms with Gasteiger partial charge in [-0.25, -0.2) is 9.78 Å². The van der Waals surface area contributed by atoms with E-state index in [0.29, 0.717) is 0 Å². The highest BCUT2D eigenvalue weighted by Crippen LogP contribution is 2.35. The number of aromatic nitrogens is 1. The van der Waals surface area contributed by atoms with E-state index in [1.165, 1.54) is 24.3 Å². The van der Waals surface area contributed by atoms with Gasteiger partial charge >= 0.3 is 17.8 Å². The number of carbonyl (C=O) groups excluding carboxylic acids is 2. The molecule has 0 aliphatic heterocycles. The van der Waals surface area contributed by atoms with Crippen molar-refractivity contribution in [2.45, 2.75) is 11.8 Å². The van der Waals surface area contributed by atoms with Crippen LogP contribution >= 0.6 is 34.8 Å². The van der Waals surface area contributed by atoms with Crippen LogP contribution in [0.1, 0.15) is 10.4 Å². The van der Waals surface area contributed by atoms with Crippen molar-refractivity contribution in [2.24, 2.45) is 0 Å². The maximum absolute atomic E-state index is 14.0. The van der Waals surface area contributed by atoms with E-state index in [2.05, 4.69) is 9.72 Å². The van der Waals surface area contributed by atoms with Crippen molar-refractivity contribution in [3.05, 3.63) is 57.2 Å². The first kappa shape index (κ1) is 22.1. The Bertz CT molecular complexity index is 894. The molecule has 0 radical (unpaired) electrons. The zero-order chi connectivity index (χ0) is 21.1. The molecule has 28 heavy (non-hydrogen) atoms. The fraction of sp³-hybridized carbons (Fsp3) is 0.188. The van der Waals surface area contributed by atoms with Gasteiger partial charge in [0, 0.05) is 16.8 Å². The lowest BCUT2D eigenvalue weighted by atomic mass is 10.1. The van der Waals surface area contributed by atoms with E-state index in [4.69, 9.17) is 34.8 Å². The molecule has 1 atom stereocenters. The van der Waals surface area contributed by atoms with Crippen LogP contribution in [0.15, 0.2) is 36.5 Å². The Morgan fingerprint density at radius 2 is 1.68 bits per heavy atom. The number of methoxy groups -OCH3 is 1. The lowest BCUT2D eigenvalue weighted by Crippen LogP contribution is -2.69. The summed E-state index contributed by atoms with van der Waals surface area (Å²) >= 11 is 17.2. The molecule has 2 aromatic rings. The number of amides is 1. The van der Waals surface area contributed by atoms with Crippen LogP contribution < -0.4 is 10.6 Å². The Balaban J connectivity index is 2.52. The molecule has 12 heteroatoms. The first-order valence-corrected chi connectivity index (χ1v) is 8.46. The smallest absolute Gasteiger partial charge is 0.441 e. The number of esters is 1. The number of pyridine rings is 1. The van der Waals surface area contributed by atoms with Crippen molar-refractivity contribution >= 4 is 52.5 Å². The second kappa shape index (κ2) is 8.42. The van der Waals surface area contributed by atoms with E-state index in [0.717, 1.165) is 19.4 Å². The lowest BCUT2D eigenvalue weighted by molar-refractivity contribution is -0.203. The number of rotatable bonds is 5. The molecule has 1 aromatic heterocycles. The van der Waals surface area contributed by atoms with Gasteiger partial charge < -0.3 is 15.4 Å². The van der Waals surface area contributed by atoms with Crippen molar-refractivity contribution in [1.29, 1.82) is 0 Å². The molecular formula is C16H11Cl3F3N3O3. The zero-order valence-electron chi connectivity index (χ0n) is 13.9. The maximum atomic E-state index is 14.0. The Labute approximate surface area is 171 Å². The fourth-order valence-electron chi connectivity index (χ4n) is 2.07. The number of halogens is 6. The van der Waals surface area contributed by atoms with Crippen molar-refractivity contribution in [3.63, 3.8) is 0 Å². The highest BCUT2D eigenvalue weighted by atomic mass is 35.5. The van der Waals surface area contributed by atoms with Gasteiger partial charge in [0.25, 0.3) is 5.91 Å². The number of hydrogen-bond donors (Lipinski definition) is 2. The Kier molecular flexibility index (Phi) is 6.63. The third kappa shape index (κ3) is 4.60. The predicted octanol–water partition coefficient (Wildman–Crippen LogP) is 4.32. The summed E-state index contributed by atoms with van der Waals surface area (Å²) in [4.78, 5) is 28.2. The van der Waals surface area contributed by atoms with E-state index in [-0.39, 0.29) is 20.6 Å². The molecule has 0 bridgehead atoms. The largest absolute Gasteiger partial charge is 0.466 e. The predicted molar refractivity (Wildman–Crippen MR) is 97.6 cm³/mol. The summed E-state index contributed by atoms with van der Waals surface area (Å²) in [7, 11) is 0.732. The second-order valence-electron chi connectivity index (χ2n) is 5.31. The summed E-state index contributed by atoms with van der Waals surface area (Å²) in [5.74, 6) is -3.61. The van der Waals surface area contributed by atoms with Gasteiger partial charge in [-0.2, -0.15) is 13.2 Å². The Morgan fingerprint density at radius 1 is 1.07 bits per heavy atom. The molecule has 0 aliphatic rings. The van der Waals surface area contributed by atoms with Crippen LogP contribution in [0.5, 0.6) is 0 Å². The van der Waals surface area contributed by atoms with Gasteiger partial charge in [-0.05, 0) is 30.3 Å². The van der Waals surface area contributed by atoms with Crippen molar-refractivity contribution in [2.75, 3.05) is 12.4 Å². The molecular weight excluding hydrogens is 446 g/mol. The minimum atomic E-state index is -5.34. The summed E-state index contributed by atoms with van der Waals surface area (Å²) < 4.78 is 46.1. The summed E-state index contributed by atoms with van der Waals surface area (Å²) in [6, 6.07) is 6.08. The van der Waals surface area contributed by atoms with E-state index < -0.39 is 29.5 Å². The standard InChI is InChI=1S/C16H11Cl3F3N3O3/c1-28-14(27)15(16(20,21)22,24-12-11(19)6-10(18)7-23-12)25-13(26)8-2-4-9(17)5-3-8/h2-7H,1H3,(H,23,24)(H,25,26). The second-order valence-corrected chi connectivity index (χ2v) is 6.59. The summed E-state index contributed by atoms with van der Waals surface area (Å²) in [6.07, 6.45) is -4.33. The molecule has 2 rings (SSSR count). The normalized spacial score (nSPS) is 13.4. The number of nitrogens with zero attached hydrogens (tertiary/aromatic N) is 1. The number of nitrogens with one attached hydrogen (secondary N) is 2. The summed E-state index contributed by atoms with van der Waals surface area (Å²) in [5, 5.41) is 3.46. The van der Waals surface area contributed by atoms with Crippen LogP contribution in [0, 0.1) is 0 Å². The number of carbonyl (C=O) groups is 2. The van der Waals surface area contributed by atoms with E-state index in [9.17, 15) is 22.8 Å². The first-order chi connectivity index (χ1) is 13.0. The van der Waals surface area contributed by atoms with Gasteiger partial charge in [0.05, 0.1) is 17.2 Å². The zero-order valence-corrected chi connectivity index (χ0v) is 16.2. The topological polar surface area (TPSA) is 80.3 Å². The molecule has 1 aromatic carbocycles. The number of ether oxygens (including phenoxy) is 1. The molecule has 1 heterocycles. The summed E-state index contributed by atoms with van der Waals surface area (Å²) in [5.41, 5.74) is -3.86. The van der Waals surface area contributed by atoms with Gasteiger partial charge in [-0.1, -0.05) is 34.8 Å². The van der Waals surface area contributed by atoms with Crippen LogP contribution in [0.3, 0.4) is 0 Å². The third-order valence-corrected chi connectivity index (χ3v) is 4.18. The molecule has 2 N–H and O–H groups in total. The number of alkyl halides is 3. The van der Waals surface area contributed by atoms with Gasteiger partial charge in [0.15, 0.2) is 0 Å². The SMILES string of the molecule is COC(=O)C(NC(=O)c1ccc(Cl)cc1)(Nc1ncc(Cl)cc1Cl)C(F)(F)F. The van der Waals surface area contributed by atoms with Gasteiger partial charge in [-0.15, -0.1) is 0 Å². The van der Waals surface area contributed by atoms with E-state index in [1.807, 2.05) is 5.32 Å². The van der Waals surface area contributed by atoms with Crippen molar-refractivity contribution < 1.29 is 27.5 Å². The van der Waals surface area contributed by atoms with Gasteiger partial charge in [0.1, 0.15) is 5.82 Å². The highest BCUT2D eigenvalue weighted by molar-refractivity contribution is 6.36. The molecule has 0 saturated carbocycles. The highest BCUT2D eigenvalue weighted by Gasteiger charge is 2.64. The van der Waals surface area contributed by atoms with Crippen molar-refractivity contribution in [3.8, 4) is 0 Å². The number of anilines is 1. The molecule has 150 valence electrons. The number of benzene rings is 1. The molecule has 1 unspecified atom stereocenters. The number of hydrogen-bond acceptors (Lipinski definition) is 5. The summed E-state index contributed by atoms with van der Waals surface area (Å²) in [6.45, 7) is 0. The Morgan fingerprint density at radius 3 is 2.18 bits per heavy atom. The average molecular weight is 457 g/mol. The van der Waals surface area contributed by atoms with E-state index >= 15 is 0 Å². The molecule has 0 saturated heterocycles. The van der Waals surface area contributed by atoms with Crippen LogP contribution in [0.4, 0.5) is 19.0 Å². The van der Waals surface area contributed by atoms with Gasteiger partial charge in [0.2, 0.25) is 0 Å². The van der Waals surface area contributed by atoms with Crippen LogP contribution in [0.2, 0.25) is 15.1 Å². The first-order valence-electron chi connectivity index (χ1n) is 7.32. The van der Waals surface area contributed by atoms with Crippen LogP contribution in [0.25, 0.3) is 0 Å². The molecule has 1 amide bonds. The van der Waals surface area contributed by atoms with Gasteiger partial charge in [-0.3, -0.25) is 4.79 Å². The molecule has 0 spiro atoms. The Hall–Kier alpha value is -2.23. The quantitative estimate of drug-likeness (QED) is 0.518. The minimum absolute atomic E-state index is 0.0522. The monoisotopic (exact) mass is 455 g/mol.